The minimum atomic E-state index is 0.333. The van der Waals surface area contributed by atoms with Gasteiger partial charge in [-0.25, -0.2) is 0 Å². The maximum Gasteiger partial charge on any atom is 0.0931 e. The van der Waals surface area contributed by atoms with Crippen LogP contribution in [-0.4, -0.2) is 30.6 Å². The van der Waals surface area contributed by atoms with Gasteiger partial charge in [0.2, 0.25) is 0 Å². The predicted molar refractivity (Wildman–Crippen MR) is 83.1 cm³/mol. The molecule has 1 atom stereocenters. The molecule has 1 aromatic heterocycles. The third-order valence-electron chi connectivity index (χ3n) is 4.91. The van der Waals surface area contributed by atoms with Crippen LogP contribution in [0.4, 0.5) is 0 Å². The first-order chi connectivity index (χ1) is 9.26. The molecule has 1 aromatic rings. The van der Waals surface area contributed by atoms with Gasteiger partial charge in [-0.2, -0.15) is 0 Å². The number of halogens is 1. The molecule has 1 unspecified atom stereocenters. The van der Waals surface area contributed by atoms with Crippen LogP contribution in [0.5, 0.6) is 0 Å². The average Bonchev–Trinajstić information content (AvgIpc) is 3.10. The first-order valence-electron chi connectivity index (χ1n) is 7.44. The number of likely N-dealkylation sites (tertiary alicyclic amines) is 1. The van der Waals surface area contributed by atoms with E-state index >= 15 is 0 Å². The maximum absolute atomic E-state index is 6.15. The molecule has 0 bridgehead atoms. The highest BCUT2D eigenvalue weighted by molar-refractivity contribution is 7.16. The predicted octanol–water partition coefficient (Wildman–Crippen LogP) is 4.07. The fraction of sp³-hybridized carbons (Fsp3) is 0.733. The molecule has 2 heterocycles. The van der Waals surface area contributed by atoms with E-state index in [1.807, 2.05) is 6.07 Å². The van der Waals surface area contributed by atoms with Crippen LogP contribution in [0.2, 0.25) is 4.34 Å². The van der Waals surface area contributed by atoms with Crippen molar-refractivity contribution >= 4 is 22.9 Å². The van der Waals surface area contributed by atoms with Crippen LogP contribution in [0.15, 0.2) is 12.1 Å². The Morgan fingerprint density at radius 1 is 1.21 bits per heavy atom. The Kier molecular flexibility index (Phi) is 4.18. The molecule has 1 saturated heterocycles. The fourth-order valence-electron chi connectivity index (χ4n) is 4.10. The van der Waals surface area contributed by atoms with Crippen molar-refractivity contribution in [1.82, 2.24) is 10.2 Å². The molecule has 0 radical (unpaired) electrons. The average molecular weight is 299 g/mol. The highest BCUT2D eigenvalue weighted by Gasteiger charge is 2.47. The number of hydrogen-bond acceptors (Lipinski definition) is 3. The molecular weight excluding hydrogens is 276 g/mol. The lowest BCUT2D eigenvalue weighted by molar-refractivity contribution is 0.0810. The van der Waals surface area contributed by atoms with Crippen molar-refractivity contribution in [2.45, 2.75) is 50.1 Å². The van der Waals surface area contributed by atoms with Crippen molar-refractivity contribution in [1.29, 1.82) is 0 Å². The molecule has 19 heavy (non-hydrogen) atoms. The summed E-state index contributed by atoms with van der Waals surface area (Å²) < 4.78 is 0.907. The van der Waals surface area contributed by atoms with Crippen LogP contribution in [0.25, 0.3) is 0 Å². The van der Waals surface area contributed by atoms with Crippen molar-refractivity contribution < 1.29 is 0 Å². The zero-order chi connectivity index (χ0) is 13.3. The van der Waals surface area contributed by atoms with Crippen LogP contribution in [0.3, 0.4) is 0 Å². The molecule has 3 rings (SSSR count). The van der Waals surface area contributed by atoms with Gasteiger partial charge in [0.25, 0.3) is 0 Å². The van der Waals surface area contributed by atoms with E-state index in [-0.39, 0.29) is 0 Å². The Labute approximate surface area is 125 Å². The largest absolute Gasteiger partial charge is 0.311 e. The van der Waals surface area contributed by atoms with Gasteiger partial charge in [-0.15, -0.1) is 11.3 Å². The van der Waals surface area contributed by atoms with E-state index in [4.69, 9.17) is 11.6 Å². The van der Waals surface area contributed by atoms with Gasteiger partial charge in [-0.3, -0.25) is 4.90 Å². The van der Waals surface area contributed by atoms with Crippen LogP contribution in [0, 0.1) is 0 Å². The van der Waals surface area contributed by atoms with Crippen LogP contribution < -0.4 is 5.32 Å². The Bertz CT molecular complexity index is 420. The zero-order valence-corrected chi connectivity index (χ0v) is 13.2. The van der Waals surface area contributed by atoms with E-state index in [1.165, 1.54) is 56.5 Å². The second kappa shape index (κ2) is 5.72. The third kappa shape index (κ3) is 2.46. The molecule has 0 amide bonds. The fourth-order valence-corrected chi connectivity index (χ4v) is 5.38. The van der Waals surface area contributed by atoms with Gasteiger partial charge in [-0.05, 0) is 58.0 Å². The maximum atomic E-state index is 6.15. The quantitative estimate of drug-likeness (QED) is 0.901. The topological polar surface area (TPSA) is 15.3 Å². The van der Waals surface area contributed by atoms with Gasteiger partial charge in [0.05, 0.1) is 10.4 Å². The summed E-state index contributed by atoms with van der Waals surface area (Å²) in [6.07, 6.45) is 8.12. The lowest BCUT2D eigenvalue weighted by atomic mass is 9.85. The van der Waals surface area contributed by atoms with E-state index in [2.05, 4.69) is 23.3 Å². The van der Waals surface area contributed by atoms with Crippen molar-refractivity contribution in [3.63, 3.8) is 0 Å². The smallest absolute Gasteiger partial charge is 0.0931 e. The number of nitrogens with one attached hydrogen (secondary N) is 1. The second-order valence-corrected chi connectivity index (χ2v) is 7.62. The summed E-state index contributed by atoms with van der Waals surface area (Å²) in [4.78, 5) is 4.16. The van der Waals surface area contributed by atoms with E-state index in [9.17, 15) is 0 Å². The molecule has 1 saturated carbocycles. The Hall–Kier alpha value is -0.0900. The molecule has 0 spiro atoms. The lowest BCUT2D eigenvalue weighted by Gasteiger charge is -2.44. The summed E-state index contributed by atoms with van der Waals surface area (Å²) in [6.45, 7) is 2.55. The van der Waals surface area contributed by atoms with E-state index in [0.717, 1.165) is 4.34 Å². The summed E-state index contributed by atoms with van der Waals surface area (Å²) in [7, 11) is 2.11. The van der Waals surface area contributed by atoms with Gasteiger partial charge in [0, 0.05) is 10.4 Å². The molecule has 1 aliphatic carbocycles. The van der Waals surface area contributed by atoms with Crippen molar-refractivity contribution in [3.05, 3.63) is 21.3 Å². The molecule has 4 heteroatoms. The second-order valence-electron chi connectivity index (χ2n) is 5.87. The standard InChI is InChI=1S/C15H23ClN2S/c1-17-14(12-6-7-13(16)19-12)15(8-2-3-9-15)18-10-4-5-11-18/h6-7,14,17H,2-5,8-11H2,1H3. The SMILES string of the molecule is CNC(c1ccc(Cl)s1)C1(N2CCCC2)CCCC1. The van der Waals surface area contributed by atoms with E-state index < -0.39 is 0 Å². The molecule has 2 fully saturated rings. The molecule has 106 valence electrons. The lowest BCUT2D eigenvalue weighted by Crippen LogP contribution is -2.53. The van der Waals surface area contributed by atoms with Crippen LogP contribution >= 0.6 is 22.9 Å². The van der Waals surface area contributed by atoms with Gasteiger partial charge in [0.1, 0.15) is 0 Å². The van der Waals surface area contributed by atoms with Crippen LogP contribution in [-0.2, 0) is 0 Å². The molecule has 1 aliphatic heterocycles. The Morgan fingerprint density at radius 2 is 1.89 bits per heavy atom. The number of likely N-dealkylation sites (N-methyl/N-ethyl adjacent to an activating group) is 1. The van der Waals surface area contributed by atoms with Crippen molar-refractivity contribution in [2.24, 2.45) is 0 Å². The summed E-state index contributed by atoms with van der Waals surface area (Å²) in [5, 5.41) is 3.60. The highest BCUT2D eigenvalue weighted by atomic mass is 35.5. The number of nitrogens with zero attached hydrogens (tertiary/aromatic N) is 1. The summed E-state index contributed by atoms with van der Waals surface area (Å²) in [5.74, 6) is 0. The van der Waals surface area contributed by atoms with Gasteiger partial charge >= 0.3 is 0 Å². The number of rotatable bonds is 4. The normalized spacial score (nSPS) is 24.9. The molecule has 2 aliphatic rings. The minimum absolute atomic E-state index is 0.333. The summed E-state index contributed by atoms with van der Waals surface area (Å²) in [5.41, 5.74) is 0.333. The zero-order valence-electron chi connectivity index (χ0n) is 11.6. The first-order valence-corrected chi connectivity index (χ1v) is 8.63. The monoisotopic (exact) mass is 298 g/mol. The molecule has 0 aromatic carbocycles. The first kappa shape index (κ1) is 13.9. The van der Waals surface area contributed by atoms with Crippen molar-refractivity contribution in [3.8, 4) is 0 Å². The summed E-state index contributed by atoms with van der Waals surface area (Å²) >= 11 is 7.89. The Balaban J connectivity index is 1.93. The van der Waals surface area contributed by atoms with Crippen molar-refractivity contribution in [2.75, 3.05) is 20.1 Å². The van der Waals surface area contributed by atoms with Crippen LogP contribution in [0.1, 0.15) is 49.4 Å². The highest BCUT2D eigenvalue weighted by Crippen LogP contribution is 2.47. The minimum Gasteiger partial charge on any atom is -0.311 e. The third-order valence-corrected chi connectivity index (χ3v) is 6.21. The molecule has 2 nitrogen and oxygen atoms in total. The van der Waals surface area contributed by atoms with E-state index in [1.54, 1.807) is 11.3 Å². The Morgan fingerprint density at radius 3 is 2.42 bits per heavy atom. The van der Waals surface area contributed by atoms with Gasteiger partial charge < -0.3 is 5.32 Å². The molecule has 1 N–H and O–H groups in total. The van der Waals surface area contributed by atoms with Gasteiger partial charge in [0.15, 0.2) is 0 Å². The summed E-state index contributed by atoms with van der Waals surface area (Å²) in [6, 6.07) is 4.69. The number of hydrogen-bond donors (Lipinski definition) is 1. The van der Waals surface area contributed by atoms with E-state index in [0.29, 0.717) is 11.6 Å². The number of thiophene rings is 1. The van der Waals surface area contributed by atoms with Gasteiger partial charge in [-0.1, -0.05) is 24.4 Å². The molecular formula is C15H23ClN2S.